The van der Waals surface area contributed by atoms with Crippen molar-refractivity contribution in [1.29, 1.82) is 0 Å². The lowest BCUT2D eigenvalue weighted by atomic mass is 10.1. The van der Waals surface area contributed by atoms with Crippen molar-refractivity contribution in [3.63, 3.8) is 0 Å². The van der Waals surface area contributed by atoms with Crippen LogP contribution in [0.15, 0.2) is 35.4 Å². The van der Waals surface area contributed by atoms with Crippen molar-refractivity contribution in [2.45, 2.75) is 38.1 Å². The second-order valence-corrected chi connectivity index (χ2v) is 7.40. The molecule has 2 rings (SSSR count). The summed E-state index contributed by atoms with van der Waals surface area (Å²) in [5.74, 6) is 0.586. The number of sulfonamides is 1. The molecule has 1 heterocycles. The minimum absolute atomic E-state index is 0.212. The standard InChI is InChI=1S/C15H20N2O3S/c1-5-20-12-8-9-13(11-7-6-10-16-14(11)12)21(18,19)17-15(2,3)4/h6-10,17H,5H2,1-4H3. The molecular formula is C15H20N2O3S. The van der Waals surface area contributed by atoms with Crippen molar-refractivity contribution in [2.75, 3.05) is 6.61 Å². The Labute approximate surface area is 125 Å². The molecule has 0 spiro atoms. The van der Waals surface area contributed by atoms with Crippen LogP contribution in [0.4, 0.5) is 0 Å². The van der Waals surface area contributed by atoms with Crippen molar-refractivity contribution >= 4 is 20.9 Å². The number of hydrogen-bond donors (Lipinski definition) is 1. The summed E-state index contributed by atoms with van der Waals surface area (Å²) < 4.78 is 33.3. The fraction of sp³-hybridized carbons (Fsp3) is 0.400. The van der Waals surface area contributed by atoms with E-state index in [0.717, 1.165) is 0 Å². The maximum absolute atomic E-state index is 12.6. The highest BCUT2D eigenvalue weighted by atomic mass is 32.2. The maximum atomic E-state index is 12.6. The van der Waals surface area contributed by atoms with E-state index in [2.05, 4.69) is 9.71 Å². The van der Waals surface area contributed by atoms with Gasteiger partial charge in [-0.15, -0.1) is 0 Å². The van der Waals surface area contributed by atoms with E-state index in [1.807, 2.05) is 6.92 Å². The average molecular weight is 308 g/mol. The lowest BCUT2D eigenvalue weighted by Crippen LogP contribution is -2.40. The SMILES string of the molecule is CCOc1ccc(S(=O)(=O)NC(C)(C)C)c2cccnc12. The molecule has 114 valence electrons. The van der Waals surface area contributed by atoms with Crippen LogP contribution in [0.3, 0.4) is 0 Å². The molecule has 21 heavy (non-hydrogen) atoms. The monoisotopic (exact) mass is 308 g/mol. The van der Waals surface area contributed by atoms with Gasteiger partial charge in [0.15, 0.2) is 0 Å². The smallest absolute Gasteiger partial charge is 0.241 e. The summed E-state index contributed by atoms with van der Waals surface area (Å²) in [5, 5.41) is 0.556. The van der Waals surface area contributed by atoms with Crippen LogP contribution in [-0.2, 0) is 10.0 Å². The third-order valence-electron chi connectivity index (χ3n) is 2.72. The lowest BCUT2D eigenvalue weighted by Gasteiger charge is -2.21. The molecule has 0 bridgehead atoms. The van der Waals surface area contributed by atoms with Gasteiger partial charge in [-0.3, -0.25) is 4.98 Å². The molecule has 0 radical (unpaired) electrons. The molecule has 0 atom stereocenters. The Morgan fingerprint density at radius 3 is 2.57 bits per heavy atom. The predicted octanol–water partition coefficient (Wildman–Crippen LogP) is 2.71. The Morgan fingerprint density at radius 1 is 1.24 bits per heavy atom. The minimum atomic E-state index is -3.62. The zero-order chi connectivity index (χ0) is 15.7. The van der Waals surface area contributed by atoms with Crippen LogP contribution in [-0.4, -0.2) is 25.5 Å². The Kier molecular flexibility index (Phi) is 4.20. The number of ether oxygens (including phenoxy) is 1. The van der Waals surface area contributed by atoms with Crippen LogP contribution in [0.1, 0.15) is 27.7 Å². The van der Waals surface area contributed by atoms with Crippen molar-refractivity contribution in [3.05, 3.63) is 30.5 Å². The molecule has 0 aliphatic heterocycles. The second kappa shape index (κ2) is 5.61. The summed E-state index contributed by atoms with van der Waals surface area (Å²) in [6, 6.07) is 6.66. The Hall–Kier alpha value is -1.66. The summed E-state index contributed by atoms with van der Waals surface area (Å²) >= 11 is 0. The second-order valence-electron chi connectivity index (χ2n) is 5.75. The Balaban J connectivity index is 2.64. The summed E-state index contributed by atoms with van der Waals surface area (Å²) in [7, 11) is -3.62. The lowest BCUT2D eigenvalue weighted by molar-refractivity contribution is 0.343. The van der Waals surface area contributed by atoms with Crippen LogP contribution in [0.2, 0.25) is 0 Å². The number of hydrogen-bond acceptors (Lipinski definition) is 4. The van der Waals surface area contributed by atoms with Crippen molar-refractivity contribution in [1.82, 2.24) is 9.71 Å². The van der Waals surface area contributed by atoms with Gasteiger partial charge in [0.2, 0.25) is 10.0 Å². The molecule has 6 heteroatoms. The van der Waals surface area contributed by atoms with E-state index in [4.69, 9.17) is 4.74 Å². The van der Waals surface area contributed by atoms with Crippen molar-refractivity contribution in [3.8, 4) is 5.75 Å². The summed E-state index contributed by atoms with van der Waals surface area (Å²) in [6.45, 7) is 7.79. The van der Waals surface area contributed by atoms with E-state index < -0.39 is 15.6 Å². The normalized spacial score (nSPS) is 12.6. The fourth-order valence-corrected chi connectivity index (χ4v) is 3.70. The van der Waals surface area contributed by atoms with Gasteiger partial charge in [0.25, 0.3) is 0 Å². The minimum Gasteiger partial charge on any atom is -0.492 e. The van der Waals surface area contributed by atoms with Crippen molar-refractivity contribution < 1.29 is 13.2 Å². The summed E-state index contributed by atoms with van der Waals surface area (Å²) in [5.41, 5.74) is 0.00233. The quantitative estimate of drug-likeness (QED) is 0.943. The number of fused-ring (bicyclic) bond motifs is 1. The zero-order valence-electron chi connectivity index (χ0n) is 12.7. The van der Waals surface area contributed by atoms with Gasteiger partial charge < -0.3 is 4.74 Å². The van der Waals surface area contributed by atoms with E-state index in [9.17, 15) is 8.42 Å². The van der Waals surface area contributed by atoms with Gasteiger partial charge in [0.05, 0.1) is 11.5 Å². The molecule has 1 aromatic heterocycles. The molecule has 0 saturated carbocycles. The third-order valence-corrected chi connectivity index (χ3v) is 4.54. The van der Waals surface area contributed by atoms with Gasteiger partial charge >= 0.3 is 0 Å². The highest BCUT2D eigenvalue weighted by Gasteiger charge is 2.24. The van der Waals surface area contributed by atoms with Gasteiger partial charge in [-0.05, 0) is 52.0 Å². The number of nitrogens with one attached hydrogen (secondary N) is 1. The van der Waals surface area contributed by atoms with E-state index in [0.29, 0.717) is 23.3 Å². The average Bonchev–Trinajstić information content (AvgIpc) is 2.36. The number of pyridine rings is 1. The maximum Gasteiger partial charge on any atom is 0.241 e. The Morgan fingerprint density at radius 2 is 1.95 bits per heavy atom. The zero-order valence-corrected chi connectivity index (χ0v) is 13.5. The first-order chi connectivity index (χ1) is 9.74. The first-order valence-corrected chi connectivity index (χ1v) is 8.27. The molecule has 0 amide bonds. The van der Waals surface area contributed by atoms with E-state index in [-0.39, 0.29) is 4.90 Å². The van der Waals surface area contributed by atoms with E-state index >= 15 is 0 Å². The largest absolute Gasteiger partial charge is 0.492 e. The summed E-state index contributed by atoms with van der Waals surface area (Å²) in [6.07, 6.45) is 1.62. The highest BCUT2D eigenvalue weighted by Crippen LogP contribution is 2.29. The van der Waals surface area contributed by atoms with Gasteiger partial charge in [-0.25, -0.2) is 13.1 Å². The predicted molar refractivity (Wildman–Crippen MR) is 83.0 cm³/mol. The third kappa shape index (κ3) is 3.51. The van der Waals surface area contributed by atoms with Crippen molar-refractivity contribution in [2.24, 2.45) is 0 Å². The molecule has 5 nitrogen and oxygen atoms in total. The van der Waals surface area contributed by atoms with Crippen LogP contribution >= 0.6 is 0 Å². The number of benzene rings is 1. The number of aromatic nitrogens is 1. The van der Waals surface area contributed by atoms with Crippen LogP contribution < -0.4 is 9.46 Å². The molecule has 0 fully saturated rings. The number of rotatable bonds is 4. The van der Waals surface area contributed by atoms with Crippen LogP contribution in [0.5, 0.6) is 5.75 Å². The molecule has 1 aromatic carbocycles. The first-order valence-electron chi connectivity index (χ1n) is 6.79. The first kappa shape index (κ1) is 15.7. The molecule has 2 aromatic rings. The molecule has 0 aliphatic carbocycles. The van der Waals surface area contributed by atoms with Crippen LogP contribution in [0.25, 0.3) is 10.9 Å². The summed E-state index contributed by atoms with van der Waals surface area (Å²) in [4.78, 5) is 4.47. The molecule has 1 N–H and O–H groups in total. The molecular weight excluding hydrogens is 288 g/mol. The van der Waals surface area contributed by atoms with E-state index in [1.54, 1.807) is 51.2 Å². The van der Waals surface area contributed by atoms with Gasteiger partial charge in [-0.2, -0.15) is 0 Å². The highest BCUT2D eigenvalue weighted by molar-refractivity contribution is 7.89. The van der Waals surface area contributed by atoms with Gasteiger partial charge in [-0.1, -0.05) is 0 Å². The van der Waals surface area contributed by atoms with E-state index in [1.165, 1.54) is 0 Å². The van der Waals surface area contributed by atoms with Crippen LogP contribution in [0, 0.1) is 0 Å². The topological polar surface area (TPSA) is 68.3 Å². The molecule has 0 aliphatic rings. The number of nitrogens with zero attached hydrogens (tertiary/aromatic N) is 1. The van der Waals surface area contributed by atoms with Gasteiger partial charge in [0.1, 0.15) is 11.3 Å². The molecule has 0 saturated heterocycles. The Bertz CT molecular complexity index is 749. The fourth-order valence-electron chi connectivity index (χ4n) is 2.08. The molecule has 0 unspecified atom stereocenters. The van der Waals surface area contributed by atoms with Gasteiger partial charge in [0, 0.05) is 17.1 Å².